The molecule has 0 rings (SSSR count). The molecule has 0 amide bonds. The van der Waals surface area contributed by atoms with Crippen molar-refractivity contribution in [3.05, 3.63) is 0 Å². The molecule has 0 aromatic rings. The van der Waals surface area contributed by atoms with Gasteiger partial charge in [-0.05, 0) is 27.2 Å². The average Bonchev–Trinajstić information content (AvgIpc) is 2.13. The molecule has 0 saturated carbocycles. The molecule has 0 heterocycles. The lowest BCUT2D eigenvalue weighted by Crippen LogP contribution is -2.27. The molecule has 0 atom stereocenters. The maximum Gasteiger partial charge on any atom is 0.332 e. The van der Waals surface area contributed by atoms with E-state index in [9.17, 15) is 4.79 Å². The summed E-state index contributed by atoms with van der Waals surface area (Å²) in [5.41, 5.74) is -0.447. The van der Waals surface area contributed by atoms with Gasteiger partial charge in [-0.2, -0.15) is 0 Å². The van der Waals surface area contributed by atoms with Gasteiger partial charge in [0.15, 0.2) is 0 Å². The Morgan fingerprint density at radius 3 is 2.31 bits per heavy atom. The van der Waals surface area contributed by atoms with E-state index >= 15 is 0 Å². The molecule has 0 fully saturated rings. The van der Waals surface area contributed by atoms with Gasteiger partial charge in [0.05, 0.1) is 13.2 Å². The van der Waals surface area contributed by atoms with Gasteiger partial charge in [-0.25, -0.2) is 4.79 Å². The Bertz CT molecular complexity index is 189. The van der Waals surface area contributed by atoms with Crippen LogP contribution in [-0.4, -0.2) is 42.4 Å². The number of esters is 1. The summed E-state index contributed by atoms with van der Waals surface area (Å²) in [6.45, 7) is 7.19. The molecule has 4 nitrogen and oxygen atoms in total. The van der Waals surface area contributed by atoms with E-state index in [0.29, 0.717) is 13.2 Å². The van der Waals surface area contributed by atoms with Gasteiger partial charge in [-0.15, -0.1) is 0 Å². The Kier molecular flexibility index (Phi) is 9.25. The lowest BCUT2D eigenvalue weighted by Gasteiger charge is -2.19. The molecule has 0 aromatic carbocycles. The molecule has 0 bridgehead atoms. The van der Waals surface area contributed by atoms with E-state index in [-0.39, 0.29) is 12.6 Å². The number of rotatable bonds is 8. The van der Waals surface area contributed by atoms with E-state index in [4.69, 9.17) is 14.2 Å². The smallest absolute Gasteiger partial charge is 0.332 e. The predicted molar refractivity (Wildman–Crippen MR) is 71.0 cm³/mol. The Labute approximate surface area is 111 Å². The molecule has 0 saturated heterocycles. The van der Waals surface area contributed by atoms with E-state index in [1.165, 1.54) is 0 Å². The van der Waals surface area contributed by atoms with Crippen LogP contribution in [-0.2, 0) is 19.0 Å². The van der Waals surface area contributed by atoms with Crippen LogP contribution in [0.4, 0.5) is 0 Å². The molecule has 0 aliphatic carbocycles. The van der Waals surface area contributed by atoms with Crippen LogP contribution in [0.3, 0.4) is 0 Å². The fourth-order valence-corrected chi connectivity index (χ4v) is 1.21. The van der Waals surface area contributed by atoms with E-state index in [0.717, 1.165) is 17.5 Å². The van der Waals surface area contributed by atoms with Crippen LogP contribution in [0.15, 0.2) is 0 Å². The van der Waals surface area contributed by atoms with Gasteiger partial charge in [0.2, 0.25) is 0 Å². The fourth-order valence-electron chi connectivity index (χ4n) is 0.903. The zero-order valence-electron chi connectivity index (χ0n) is 10.3. The zero-order chi connectivity index (χ0) is 12.4. The molecular formula is C11H21IO4. The fraction of sp³-hybridized carbons (Fsp3) is 0.909. The van der Waals surface area contributed by atoms with Crippen molar-refractivity contribution in [2.24, 2.45) is 0 Å². The number of carbonyl (C=O) groups excluding carboxylic acids is 1. The van der Waals surface area contributed by atoms with E-state index in [1.807, 2.05) is 20.8 Å². The number of hydrogen-bond donors (Lipinski definition) is 0. The molecule has 0 unspecified atom stereocenters. The summed E-state index contributed by atoms with van der Waals surface area (Å²) in [6.07, 6.45) is 1.05. The first-order valence-corrected chi connectivity index (χ1v) is 6.91. The predicted octanol–water partition coefficient (Wildman–Crippen LogP) is 2.19. The summed E-state index contributed by atoms with van der Waals surface area (Å²) in [4.78, 5) is 11.2. The first-order valence-electron chi connectivity index (χ1n) is 5.39. The van der Waals surface area contributed by atoms with Gasteiger partial charge < -0.3 is 14.2 Å². The van der Waals surface area contributed by atoms with Crippen LogP contribution in [0.2, 0.25) is 0 Å². The third kappa shape index (κ3) is 12.2. The Hall–Kier alpha value is 0.120. The van der Waals surface area contributed by atoms with Crippen molar-refractivity contribution in [1.29, 1.82) is 0 Å². The van der Waals surface area contributed by atoms with Gasteiger partial charge in [0.25, 0.3) is 0 Å². The lowest BCUT2D eigenvalue weighted by molar-refractivity contribution is -0.160. The summed E-state index contributed by atoms with van der Waals surface area (Å²) >= 11 is 2.30. The molecule has 16 heavy (non-hydrogen) atoms. The highest BCUT2D eigenvalue weighted by Crippen LogP contribution is 2.06. The van der Waals surface area contributed by atoms with E-state index in [1.54, 1.807) is 0 Å². The molecule has 0 aliphatic heterocycles. The third-order valence-electron chi connectivity index (χ3n) is 1.43. The quantitative estimate of drug-likeness (QED) is 0.293. The van der Waals surface area contributed by atoms with Crippen molar-refractivity contribution in [2.45, 2.75) is 32.8 Å². The highest BCUT2D eigenvalue weighted by Gasteiger charge is 2.15. The Balaban J connectivity index is 3.28. The summed E-state index contributed by atoms with van der Waals surface area (Å²) in [5, 5.41) is 0. The highest BCUT2D eigenvalue weighted by molar-refractivity contribution is 14.1. The van der Waals surface area contributed by atoms with Crippen molar-refractivity contribution >= 4 is 28.6 Å². The van der Waals surface area contributed by atoms with Gasteiger partial charge in [-0.1, -0.05) is 22.6 Å². The number of hydrogen-bond acceptors (Lipinski definition) is 4. The van der Waals surface area contributed by atoms with Gasteiger partial charge in [-0.3, -0.25) is 0 Å². The minimum atomic E-state index is -0.447. The molecule has 0 radical (unpaired) electrons. The topological polar surface area (TPSA) is 44.8 Å². The van der Waals surface area contributed by atoms with Gasteiger partial charge in [0, 0.05) is 11.0 Å². The maximum absolute atomic E-state index is 11.2. The number of halogens is 1. The van der Waals surface area contributed by atoms with Crippen LogP contribution >= 0.6 is 22.6 Å². The first-order chi connectivity index (χ1) is 7.45. The van der Waals surface area contributed by atoms with E-state index < -0.39 is 5.60 Å². The minimum Gasteiger partial charge on any atom is -0.458 e. The van der Waals surface area contributed by atoms with Crippen molar-refractivity contribution in [3.8, 4) is 0 Å². The molecule has 5 heteroatoms. The van der Waals surface area contributed by atoms with Crippen molar-refractivity contribution in [1.82, 2.24) is 0 Å². The summed E-state index contributed by atoms with van der Waals surface area (Å²) in [7, 11) is 0. The van der Waals surface area contributed by atoms with Crippen molar-refractivity contribution in [3.63, 3.8) is 0 Å². The normalized spacial score (nSPS) is 11.5. The monoisotopic (exact) mass is 344 g/mol. The SMILES string of the molecule is CC(C)(C)OC(=O)COCCOCCCI. The molecule has 0 aliphatic rings. The van der Waals surface area contributed by atoms with Crippen LogP contribution in [0, 0.1) is 0 Å². The summed E-state index contributed by atoms with van der Waals surface area (Å²) < 4.78 is 16.6. The molecule has 0 spiro atoms. The number of alkyl halides is 1. The second-order valence-corrected chi connectivity index (χ2v) is 5.37. The summed E-state index contributed by atoms with van der Waals surface area (Å²) in [5.74, 6) is -0.334. The zero-order valence-corrected chi connectivity index (χ0v) is 12.4. The van der Waals surface area contributed by atoms with Crippen LogP contribution in [0.5, 0.6) is 0 Å². The van der Waals surface area contributed by atoms with Crippen molar-refractivity contribution < 1.29 is 19.0 Å². The Morgan fingerprint density at radius 1 is 1.12 bits per heavy atom. The standard InChI is InChI=1S/C11H21IO4/c1-11(2,3)16-10(13)9-15-8-7-14-6-4-5-12/h4-9H2,1-3H3. The lowest BCUT2D eigenvalue weighted by atomic mass is 10.2. The number of ether oxygens (including phenoxy) is 3. The Morgan fingerprint density at radius 2 is 1.75 bits per heavy atom. The average molecular weight is 344 g/mol. The van der Waals surface area contributed by atoms with Crippen LogP contribution in [0.1, 0.15) is 27.2 Å². The number of carbonyl (C=O) groups is 1. The van der Waals surface area contributed by atoms with Gasteiger partial charge >= 0.3 is 5.97 Å². The summed E-state index contributed by atoms with van der Waals surface area (Å²) in [6, 6.07) is 0. The van der Waals surface area contributed by atoms with Gasteiger partial charge in [0.1, 0.15) is 12.2 Å². The van der Waals surface area contributed by atoms with Crippen LogP contribution < -0.4 is 0 Å². The largest absolute Gasteiger partial charge is 0.458 e. The molecular weight excluding hydrogens is 323 g/mol. The maximum atomic E-state index is 11.2. The molecule has 0 aromatic heterocycles. The molecule has 0 N–H and O–H groups in total. The highest BCUT2D eigenvalue weighted by atomic mass is 127. The third-order valence-corrected chi connectivity index (χ3v) is 2.20. The second kappa shape index (κ2) is 9.18. The second-order valence-electron chi connectivity index (χ2n) is 4.29. The van der Waals surface area contributed by atoms with Crippen molar-refractivity contribution in [2.75, 3.05) is 30.9 Å². The first kappa shape index (κ1) is 16.1. The van der Waals surface area contributed by atoms with Crippen LogP contribution in [0.25, 0.3) is 0 Å². The molecule has 96 valence electrons. The minimum absolute atomic E-state index is 0.00703. The van der Waals surface area contributed by atoms with E-state index in [2.05, 4.69) is 22.6 Å².